The van der Waals surface area contributed by atoms with Crippen LogP contribution in [-0.4, -0.2) is 31.0 Å². The topological polar surface area (TPSA) is 57.7 Å². The molecule has 11 heteroatoms. The molecule has 0 aliphatic heterocycles. The summed E-state index contributed by atoms with van der Waals surface area (Å²) in [5, 5.41) is 0. The molecule has 0 bridgehead atoms. The van der Waals surface area contributed by atoms with Crippen molar-refractivity contribution >= 4 is 5.97 Å². The van der Waals surface area contributed by atoms with E-state index in [0.717, 1.165) is 7.11 Å². The minimum Gasteiger partial charge on any atom is -0.492 e. The summed E-state index contributed by atoms with van der Waals surface area (Å²) >= 11 is 0. The van der Waals surface area contributed by atoms with Crippen LogP contribution in [0.3, 0.4) is 0 Å². The zero-order chi connectivity index (χ0) is 17.1. The molecule has 0 amide bonds. The van der Waals surface area contributed by atoms with E-state index in [1.54, 1.807) is 0 Å². The Morgan fingerprint density at radius 3 is 2.18 bits per heavy atom. The Balaban J connectivity index is 3.55. The highest BCUT2D eigenvalue weighted by Crippen LogP contribution is 2.44. The van der Waals surface area contributed by atoms with Gasteiger partial charge in [-0.3, -0.25) is 0 Å². The highest BCUT2D eigenvalue weighted by molar-refractivity contribution is 5.93. The van der Waals surface area contributed by atoms with Gasteiger partial charge in [0.2, 0.25) is 5.75 Å². The first-order valence-electron chi connectivity index (χ1n) is 5.58. The second kappa shape index (κ2) is 6.28. The van der Waals surface area contributed by atoms with Gasteiger partial charge >= 0.3 is 18.5 Å². The van der Waals surface area contributed by atoms with E-state index in [1.165, 1.54) is 6.92 Å². The molecule has 0 spiro atoms. The molecule has 0 aliphatic carbocycles. The number of esters is 1. The molecule has 0 unspecified atom stereocenters. The highest BCUT2D eigenvalue weighted by Gasteiger charge is 2.44. The molecule has 1 heterocycles. The molecule has 0 aliphatic rings. The molecule has 0 saturated carbocycles. The van der Waals surface area contributed by atoms with Gasteiger partial charge in [0.05, 0.1) is 13.7 Å². The monoisotopic (exact) mass is 333 g/mol. The fraction of sp³-hybridized carbons (Fsp3) is 0.455. The van der Waals surface area contributed by atoms with Gasteiger partial charge in [-0.05, 0) is 6.92 Å². The smallest absolute Gasteiger partial charge is 0.492 e. The normalized spacial score (nSPS) is 12.0. The quantitative estimate of drug-likeness (QED) is 0.626. The molecule has 1 aromatic heterocycles. The maximum atomic E-state index is 12.7. The molecule has 0 aromatic carbocycles. The van der Waals surface area contributed by atoms with E-state index in [0.29, 0.717) is 6.20 Å². The summed E-state index contributed by atoms with van der Waals surface area (Å²) in [5.74, 6) is -4.03. The summed E-state index contributed by atoms with van der Waals surface area (Å²) in [6, 6.07) is 0. The van der Waals surface area contributed by atoms with Gasteiger partial charge in [-0.25, -0.2) is 9.78 Å². The fourth-order valence-electron chi connectivity index (χ4n) is 1.45. The Kier molecular flexibility index (Phi) is 5.09. The number of methoxy groups -OCH3 is 1. The van der Waals surface area contributed by atoms with E-state index < -0.39 is 41.3 Å². The van der Waals surface area contributed by atoms with E-state index in [-0.39, 0.29) is 6.61 Å². The summed E-state index contributed by atoms with van der Waals surface area (Å²) in [4.78, 5) is 14.4. The number of hydrogen-bond acceptors (Lipinski definition) is 5. The van der Waals surface area contributed by atoms with Gasteiger partial charge in [-0.2, -0.15) is 13.2 Å². The van der Waals surface area contributed by atoms with E-state index in [9.17, 15) is 31.1 Å². The summed E-state index contributed by atoms with van der Waals surface area (Å²) in [5.41, 5.74) is -2.70. The highest BCUT2D eigenvalue weighted by atomic mass is 19.4. The van der Waals surface area contributed by atoms with Crippen molar-refractivity contribution in [3.63, 3.8) is 0 Å². The molecule has 0 saturated heterocycles. The molecule has 0 fully saturated rings. The first-order chi connectivity index (χ1) is 10.0. The number of hydrogen-bond donors (Lipinski definition) is 0. The van der Waals surface area contributed by atoms with Gasteiger partial charge in [0.25, 0.3) is 0 Å². The van der Waals surface area contributed by atoms with Crippen LogP contribution in [0.4, 0.5) is 26.3 Å². The summed E-state index contributed by atoms with van der Waals surface area (Å²) in [6.07, 6.45) is -10.3. The van der Waals surface area contributed by atoms with Crippen molar-refractivity contribution in [3.8, 4) is 11.5 Å². The lowest BCUT2D eigenvalue weighted by Crippen LogP contribution is -2.23. The lowest BCUT2D eigenvalue weighted by atomic mass is 10.2. The summed E-state index contributed by atoms with van der Waals surface area (Å²) in [6.45, 7) is 1.24. The van der Waals surface area contributed by atoms with Crippen LogP contribution >= 0.6 is 0 Å². The van der Waals surface area contributed by atoms with Crippen LogP contribution in [0.2, 0.25) is 0 Å². The second-order valence-corrected chi connectivity index (χ2v) is 3.65. The largest absolute Gasteiger partial charge is 0.573 e. The molecular formula is C11H9F6NO4. The average molecular weight is 333 g/mol. The van der Waals surface area contributed by atoms with Crippen LogP contribution < -0.4 is 9.47 Å². The minimum atomic E-state index is -5.44. The van der Waals surface area contributed by atoms with Crippen LogP contribution in [0, 0.1) is 0 Å². The van der Waals surface area contributed by atoms with Crippen molar-refractivity contribution < 1.29 is 45.3 Å². The van der Waals surface area contributed by atoms with Crippen LogP contribution in [0.1, 0.15) is 23.0 Å². The number of halogens is 6. The maximum Gasteiger partial charge on any atom is 0.573 e. The molecule has 0 radical (unpaired) electrons. The van der Waals surface area contributed by atoms with E-state index in [1.807, 2.05) is 0 Å². The average Bonchev–Trinajstić information content (AvgIpc) is 2.35. The zero-order valence-electron chi connectivity index (χ0n) is 11.1. The van der Waals surface area contributed by atoms with E-state index >= 15 is 0 Å². The van der Waals surface area contributed by atoms with E-state index in [4.69, 9.17) is 0 Å². The van der Waals surface area contributed by atoms with Crippen molar-refractivity contribution in [2.45, 2.75) is 19.5 Å². The van der Waals surface area contributed by atoms with Gasteiger partial charge in [-0.1, -0.05) is 0 Å². The lowest BCUT2D eigenvalue weighted by Gasteiger charge is -2.18. The third kappa shape index (κ3) is 4.15. The van der Waals surface area contributed by atoms with Crippen molar-refractivity contribution in [3.05, 3.63) is 17.5 Å². The number of pyridine rings is 1. The van der Waals surface area contributed by atoms with Crippen molar-refractivity contribution in [1.82, 2.24) is 4.98 Å². The molecule has 0 atom stereocenters. The number of carbonyl (C=O) groups is 1. The van der Waals surface area contributed by atoms with Gasteiger partial charge in [0.15, 0.2) is 11.4 Å². The lowest BCUT2D eigenvalue weighted by molar-refractivity contribution is -0.277. The SMILES string of the molecule is CCOC(=O)c1cnc(C(F)(F)F)c(OC(F)(F)F)c1OC. The van der Waals surface area contributed by atoms with Crippen LogP contribution in [0.5, 0.6) is 11.5 Å². The Hall–Kier alpha value is -2.20. The van der Waals surface area contributed by atoms with Crippen molar-refractivity contribution in [2.75, 3.05) is 13.7 Å². The van der Waals surface area contributed by atoms with Crippen LogP contribution in [0.25, 0.3) is 0 Å². The van der Waals surface area contributed by atoms with Crippen LogP contribution in [-0.2, 0) is 10.9 Å². The molecule has 0 N–H and O–H groups in total. The standard InChI is InChI=1S/C11H9F6NO4/c1-3-21-9(19)5-4-18-8(10(12,13)14)7(6(5)20-2)22-11(15,16)17/h4H,3H2,1-2H3. The predicted molar refractivity (Wildman–Crippen MR) is 58.4 cm³/mol. The fourth-order valence-corrected chi connectivity index (χ4v) is 1.45. The Morgan fingerprint density at radius 1 is 1.18 bits per heavy atom. The first-order valence-corrected chi connectivity index (χ1v) is 5.58. The van der Waals surface area contributed by atoms with Crippen molar-refractivity contribution in [2.24, 2.45) is 0 Å². The minimum absolute atomic E-state index is 0.154. The predicted octanol–water partition coefficient (Wildman–Crippen LogP) is 3.18. The molecule has 124 valence electrons. The third-order valence-electron chi connectivity index (χ3n) is 2.17. The molecule has 1 aromatic rings. The molecule has 1 rings (SSSR count). The Morgan fingerprint density at radius 2 is 1.77 bits per heavy atom. The Bertz CT molecular complexity index is 555. The van der Waals surface area contributed by atoms with E-state index in [2.05, 4.69) is 19.2 Å². The zero-order valence-corrected chi connectivity index (χ0v) is 11.1. The summed E-state index contributed by atoms with van der Waals surface area (Å²) in [7, 11) is 0.779. The Labute approximate surface area is 119 Å². The maximum absolute atomic E-state index is 12.7. The van der Waals surface area contributed by atoms with Gasteiger partial charge in [-0.15, -0.1) is 13.2 Å². The molecule has 5 nitrogen and oxygen atoms in total. The second-order valence-electron chi connectivity index (χ2n) is 3.65. The first kappa shape index (κ1) is 17.9. The third-order valence-corrected chi connectivity index (χ3v) is 2.17. The number of rotatable bonds is 4. The number of carbonyl (C=O) groups excluding carboxylic acids is 1. The van der Waals surface area contributed by atoms with Gasteiger partial charge < -0.3 is 14.2 Å². The number of ether oxygens (including phenoxy) is 3. The van der Waals surface area contributed by atoms with Gasteiger partial charge in [0, 0.05) is 6.20 Å². The molecular weight excluding hydrogens is 324 g/mol. The van der Waals surface area contributed by atoms with Gasteiger partial charge in [0.1, 0.15) is 5.56 Å². The van der Waals surface area contributed by atoms with Crippen LogP contribution in [0.15, 0.2) is 6.20 Å². The number of aromatic nitrogens is 1. The number of alkyl halides is 6. The molecule has 22 heavy (non-hydrogen) atoms. The number of nitrogens with zero attached hydrogens (tertiary/aromatic N) is 1. The van der Waals surface area contributed by atoms with Crippen molar-refractivity contribution in [1.29, 1.82) is 0 Å². The summed E-state index contributed by atoms with van der Waals surface area (Å²) < 4.78 is 87.5.